The molecule has 0 radical (unpaired) electrons. The summed E-state index contributed by atoms with van der Waals surface area (Å²) < 4.78 is 4.80. The van der Waals surface area contributed by atoms with Crippen LogP contribution in [0, 0.1) is 0 Å². The van der Waals surface area contributed by atoms with E-state index in [0.717, 1.165) is 12.5 Å². The van der Waals surface area contributed by atoms with Crippen molar-refractivity contribution >= 4 is 0 Å². The Bertz CT molecular complexity index is 325. The summed E-state index contributed by atoms with van der Waals surface area (Å²) in [4.78, 5) is 10.7. The van der Waals surface area contributed by atoms with E-state index < -0.39 is 5.63 Å². The van der Waals surface area contributed by atoms with Gasteiger partial charge in [0, 0.05) is 12.5 Å². The summed E-state index contributed by atoms with van der Waals surface area (Å²) in [6.45, 7) is 3.54. The number of hydrogen-bond acceptors (Lipinski definition) is 3. The molecule has 0 fully saturated rings. The average Bonchev–Trinajstić information content (AvgIpc) is 1.99. The first-order valence-electron chi connectivity index (χ1n) is 3.66. The van der Waals surface area contributed by atoms with E-state index in [1.807, 2.05) is 0 Å². The molecule has 0 aliphatic carbocycles. The Balaban J connectivity index is 2.85. The third-order valence-corrected chi connectivity index (χ3v) is 1.40. The summed E-state index contributed by atoms with van der Waals surface area (Å²) in [5.74, 6) is 0.435. The zero-order valence-electron chi connectivity index (χ0n) is 6.62. The van der Waals surface area contributed by atoms with Crippen molar-refractivity contribution in [1.29, 1.82) is 0 Å². The van der Waals surface area contributed by atoms with E-state index in [1.165, 1.54) is 6.07 Å². The van der Waals surface area contributed by atoms with E-state index in [-0.39, 0.29) is 5.75 Å². The van der Waals surface area contributed by atoms with Gasteiger partial charge >= 0.3 is 5.63 Å². The summed E-state index contributed by atoms with van der Waals surface area (Å²) in [6, 6.07) is 2.47. The van der Waals surface area contributed by atoms with Crippen LogP contribution in [0.5, 0.6) is 5.75 Å². The number of rotatable bonds is 3. The molecule has 0 amide bonds. The molecule has 0 spiro atoms. The molecule has 0 bridgehead atoms. The molecule has 3 heteroatoms. The molecule has 0 aliphatic rings. The fourth-order valence-corrected chi connectivity index (χ4v) is 0.883. The zero-order chi connectivity index (χ0) is 8.97. The fourth-order valence-electron chi connectivity index (χ4n) is 0.883. The number of allylic oxidation sites excluding steroid dienone is 1. The smallest absolute Gasteiger partial charge is 0.339 e. The summed E-state index contributed by atoms with van der Waals surface area (Å²) in [5, 5.41) is 9.01. The van der Waals surface area contributed by atoms with Gasteiger partial charge in [-0.2, -0.15) is 0 Å². The van der Waals surface area contributed by atoms with E-state index in [1.54, 1.807) is 6.08 Å². The second-order valence-electron chi connectivity index (χ2n) is 2.43. The lowest BCUT2D eigenvalue weighted by Gasteiger charge is -1.96. The predicted molar refractivity (Wildman–Crippen MR) is 45.2 cm³/mol. The minimum atomic E-state index is -0.519. The molecule has 1 heterocycles. The van der Waals surface area contributed by atoms with E-state index in [9.17, 15) is 4.79 Å². The highest BCUT2D eigenvalue weighted by Crippen LogP contribution is 2.09. The maximum absolute atomic E-state index is 10.7. The van der Waals surface area contributed by atoms with Crippen molar-refractivity contribution in [3.8, 4) is 5.75 Å². The fraction of sp³-hybridized carbons (Fsp3) is 0.222. The van der Waals surface area contributed by atoms with Crippen molar-refractivity contribution in [1.82, 2.24) is 0 Å². The first-order chi connectivity index (χ1) is 5.72. The van der Waals surface area contributed by atoms with Crippen LogP contribution in [0.4, 0.5) is 0 Å². The van der Waals surface area contributed by atoms with Crippen LogP contribution in [0.2, 0.25) is 0 Å². The van der Waals surface area contributed by atoms with Gasteiger partial charge in [0.05, 0.1) is 6.07 Å². The first kappa shape index (κ1) is 8.59. The van der Waals surface area contributed by atoms with Gasteiger partial charge in [0.1, 0.15) is 11.5 Å². The third-order valence-electron chi connectivity index (χ3n) is 1.40. The van der Waals surface area contributed by atoms with Gasteiger partial charge in [-0.25, -0.2) is 4.79 Å². The zero-order valence-corrected chi connectivity index (χ0v) is 6.62. The molecule has 1 rings (SSSR count). The van der Waals surface area contributed by atoms with Crippen molar-refractivity contribution < 1.29 is 9.52 Å². The lowest BCUT2D eigenvalue weighted by atomic mass is 10.2. The molecule has 1 N–H and O–H groups in total. The summed E-state index contributed by atoms with van der Waals surface area (Å²) in [5.41, 5.74) is -0.519. The average molecular weight is 166 g/mol. The van der Waals surface area contributed by atoms with Gasteiger partial charge in [0.15, 0.2) is 0 Å². The van der Waals surface area contributed by atoms with Gasteiger partial charge in [-0.3, -0.25) is 0 Å². The molecule has 0 unspecified atom stereocenters. The molecular weight excluding hydrogens is 156 g/mol. The quantitative estimate of drug-likeness (QED) is 0.691. The summed E-state index contributed by atoms with van der Waals surface area (Å²) in [7, 11) is 0. The van der Waals surface area contributed by atoms with Gasteiger partial charge < -0.3 is 9.52 Å². The Hall–Kier alpha value is -1.51. The molecule has 0 atom stereocenters. The molecule has 0 saturated heterocycles. The van der Waals surface area contributed by atoms with Crippen LogP contribution in [0.3, 0.4) is 0 Å². The molecule has 0 aliphatic heterocycles. The number of hydrogen-bond donors (Lipinski definition) is 1. The lowest BCUT2D eigenvalue weighted by molar-refractivity contribution is 0.424. The van der Waals surface area contributed by atoms with Gasteiger partial charge in [0.25, 0.3) is 0 Å². The standard InChI is InChI=1S/C9H10O3/c1-2-3-4-8-5-7(10)6-9(11)12-8/h2,5-6,10H,1,3-4H2. The SMILES string of the molecule is C=CCCc1cc(O)cc(=O)o1. The van der Waals surface area contributed by atoms with Crippen molar-refractivity contribution in [3.63, 3.8) is 0 Å². The van der Waals surface area contributed by atoms with Gasteiger partial charge in [-0.1, -0.05) is 6.08 Å². The van der Waals surface area contributed by atoms with E-state index in [2.05, 4.69) is 6.58 Å². The molecule has 3 nitrogen and oxygen atoms in total. The van der Waals surface area contributed by atoms with Crippen LogP contribution in [-0.4, -0.2) is 5.11 Å². The van der Waals surface area contributed by atoms with E-state index in [4.69, 9.17) is 9.52 Å². The van der Waals surface area contributed by atoms with Crippen LogP contribution in [0.25, 0.3) is 0 Å². The minimum Gasteiger partial charge on any atom is -0.508 e. The largest absolute Gasteiger partial charge is 0.508 e. The highest BCUT2D eigenvalue weighted by atomic mass is 16.4. The van der Waals surface area contributed by atoms with Crippen molar-refractivity contribution in [2.75, 3.05) is 0 Å². The minimum absolute atomic E-state index is 0.0506. The van der Waals surface area contributed by atoms with Crippen LogP contribution in [0.15, 0.2) is 34.0 Å². The monoisotopic (exact) mass is 166 g/mol. The second-order valence-corrected chi connectivity index (χ2v) is 2.43. The van der Waals surface area contributed by atoms with Crippen molar-refractivity contribution in [2.45, 2.75) is 12.8 Å². The maximum Gasteiger partial charge on any atom is 0.339 e. The molecule has 0 aromatic carbocycles. The Morgan fingerprint density at radius 3 is 2.92 bits per heavy atom. The van der Waals surface area contributed by atoms with Crippen LogP contribution in [0.1, 0.15) is 12.2 Å². The Morgan fingerprint density at radius 1 is 1.58 bits per heavy atom. The molecule has 64 valence electrons. The third kappa shape index (κ3) is 2.27. The van der Waals surface area contributed by atoms with Gasteiger partial charge in [-0.05, 0) is 6.42 Å². The number of aromatic hydroxyl groups is 1. The topological polar surface area (TPSA) is 50.4 Å². The van der Waals surface area contributed by atoms with Crippen molar-refractivity contribution in [3.05, 3.63) is 41.0 Å². The molecule has 0 saturated carbocycles. The van der Waals surface area contributed by atoms with Crippen LogP contribution >= 0.6 is 0 Å². The molecule has 12 heavy (non-hydrogen) atoms. The van der Waals surface area contributed by atoms with Crippen LogP contribution in [-0.2, 0) is 6.42 Å². The van der Waals surface area contributed by atoms with Gasteiger partial charge in [0.2, 0.25) is 0 Å². The molecule has 1 aromatic rings. The van der Waals surface area contributed by atoms with Gasteiger partial charge in [-0.15, -0.1) is 6.58 Å². The summed E-state index contributed by atoms with van der Waals surface area (Å²) in [6.07, 6.45) is 3.05. The Morgan fingerprint density at radius 2 is 2.33 bits per heavy atom. The second kappa shape index (κ2) is 3.76. The predicted octanol–water partition coefficient (Wildman–Crippen LogP) is 1.46. The summed E-state index contributed by atoms with van der Waals surface area (Å²) >= 11 is 0. The highest BCUT2D eigenvalue weighted by molar-refractivity contribution is 5.18. The van der Waals surface area contributed by atoms with E-state index >= 15 is 0 Å². The Kier molecular flexibility index (Phi) is 2.69. The molecule has 1 aromatic heterocycles. The maximum atomic E-state index is 10.7. The molecular formula is C9H10O3. The van der Waals surface area contributed by atoms with Crippen LogP contribution < -0.4 is 5.63 Å². The highest BCUT2D eigenvalue weighted by Gasteiger charge is 1.98. The normalized spacial score (nSPS) is 9.67. The van der Waals surface area contributed by atoms with E-state index in [0.29, 0.717) is 12.2 Å². The first-order valence-corrected chi connectivity index (χ1v) is 3.66. The Labute approximate surface area is 70.0 Å². The number of aryl methyl sites for hydroxylation is 1. The lowest BCUT2D eigenvalue weighted by Crippen LogP contribution is -1.98. The van der Waals surface area contributed by atoms with Crippen molar-refractivity contribution in [2.24, 2.45) is 0 Å².